The highest BCUT2D eigenvalue weighted by molar-refractivity contribution is 9.10. The second-order valence-electron chi connectivity index (χ2n) is 6.98. The van der Waals surface area contributed by atoms with Crippen molar-refractivity contribution in [1.82, 2.24) is 9.97 Å². The molecule has 0 aliphatic carbocycles. The second-order valence-corrected chi connectivity index (χ2v) is 10.9. The van der Waals surface area contributed by atoms with E-state index in [-0.39, 0.29) is 11.4 Å². The third-order valence-electron chi connectivity index (χ3n) is 4.61. The minimum absolute atomic E-state index is 0.123. The van der Waals surface area contributed by atoms with Gasteiger partial charge in [0, 0.05) is 10.7 Å². The predicted molar refractivity (Wildman–Crippen MR) is 126 cm³/mol. The molecular weight excluding hydrogens is 498 g/mol. The molecule has 0 fully saturated rings. The molecule has 0 aliphatic rings. The first-order chi connectivity index (χ1) is 14.8. The highest BCUT2D eigenvalue weighted by Crippen LogP contribution is 2.32. The van der Waals surface area contributed by atoms with Crippen LogP contribution in [0, 0.1) is 6.92 Å². The quantitative estimate of drug-likeness (QED) is 0.369. The first-order valence-corrected chi connectivity index (χ1v) is 12.6. The average Bonchev–Trinajstić information content (AvgIpc) is 3.15. The van der Waals surface area contributed by atoms with Gasteiger partial charge in [-0.15, -0.1) is 0 Å². The Hall–Kier alpha value is -2.62. The van der Waals surface area contributed by atoms with Crippen LogP contribution >= 0.6 is 27.3 Å². The van der Waals surface area contributed by atoms with E-state index in [0.717, 1.165) is 20.3 Å². The summed E-state index contributed by atoms with van der Waals surface area (Å²) in [5.74, 6) is -1.20. The summed E-state index contributed by atoms with van der Waals surface area (Å²) >= 11 is 4.77. The van der Waals surface area contributed by atoms with Gasteiger partial charge in [0.2, 0.25) is 5.91 Å². The highest BCUT2D eigenvalue weighted by atomic mass is 79.9. The van der Waals surface area contributed by atoms with Crippen molar-refractivity contribution in [3.05, 3.63) is 82.6 Å². The van der Waals surface area contributed by atoms with Gasteiger partial charge in [-0.2, -0.15) is 0 Å². The zero-order valence-electron chi connectivity index (χ0n) is 16.5. The van der Waals surface area contributed by atoms with Crippen molar-refractivity contribution in [2.75, 3.05) is 10.7 Å². The topological polar surface area (TPSA) is 80.2 Å². The van der Waals surface area contributed by atoms with Crippen LogP contribution in [0.15, 0.2) is 76.2 Å². The molecule has 0 saturated heterocycles. The number of halogens is 1. The van der Waals surface area contributed by atoms with Crippen LogP contribution < -0.4 is 4.90 Å². The number of hydrogen-bond donors (Lipinski definition) is 0. The number of nitrogens with zero attached hydrogens (tertiary/aromatic N) is 3. The average molecular weight is 516 g/mol. The van der Waals surface area contributed by atoms with Crippen molar-refractivity contribution in [1.29, 1.82) is 0 Å². The molecule has 4 aromatic rings. The third kappa shape index (κ3) is 5.00. The molecule has 4 rings (SSSR count). The number of pyridine rings is 1. The molecule has 0 saturated carbocycles. The number of aryl methyl sites for hydroxylation is 1. The number of sulfone groups is 1. The van der Waals surface area contributed by atoms with Crippen LogP contribution in [0.4, 0.5) is 5.13 Å². The minimum atomic E-state index is -3.80. The Morgan fingerprint density at radius 2 is 1.87 bits per heavy atom. The molecule has 2 aromatic carbocycles. The first kappa shape index (κ1) is 21.6. The summed E-state index contributed by atoms with van der Waals surface area (Å²) in [7, 11) is -3.80. The number of fused-ring (bicyclic) bond motifs is 1. The number of rotatable bonds is 6. The lowest BCUT2D eigenvalue weighted by atomic mass is 10.2. The van der Waals surface area contributed by atoms with Crippen LogP contribution in [0.5, 0.6) is 0 Å². The molecule has 0 aliphatic heterocycles. The summed E-state index contributed by atoms with van der Waals surface area (Å²) in [5, 5.41) is 0.433. The van der Waals surface area contributed by atoms with E-state index in [9.17, 15) is 13.2 Å². The highest BCUT2D eigenvalue weighted by Gasteiger charge is 2.27. The number of anilines is 1. The van der Waals surface area contributed by atoms with Crippen molar-refractivity contribution in [2.24, 2.45) is 0 Å². The zero-order valence-corrected chi connectivity index (χ0v) is 19.7. The van der Waals surface area contributed by atoms with Crippen molar-refractivity contribution < 1.29 is 13.2 Å². The molecule has 31 heavy (non-hydrogen) atoms. The SMILES string of the molecule is Cc1ccc(S(=O)(=O)CC(=O)N(Cc2ccccn2)c2nc3ccc(Br)cc3s2)cc1. The Labute approximate surface area is 192 Å². The first-order valence-electron chi connectivity index (χ1n) is 9.38. The molecule has 1 amide bonds. The fourth-order valence-electron chi connectivity index (χ4n) is 2.99. The molecule has 6 nitrogen and oxygen atoms in total. The van der Waals surface area contributed by atoms with Crippen molar-refractivity contribution >= 4 is 58.4 Å². The third-order valence-corrected chi connectivity index (χ3v) is 7.76. The van der Waals surface area contributed by atoms with Crippen LogP contribution in [0.3, 0.4) is 0 Å². The Bertz CT molecular complexity index is 1340. The summed E-state index contributed by atoms with van der Waals surface area (Å²) in [6.45, 7) is 2.01. The molecule has 0 unspecified atom stereocenters. The lowest BCUT2D eigenvalue weighted by molar-refractivity contribution is -0.116. The predicted octanol–water partition coefficient (Wildman–Crippen LogP) is 4.77. The maximum atomic E-state index is 13.2. The molecule has 0 bridgehead atoms. The Balaban J connectivity index is 1.69. The van der Waals surface area contributed by atoms with Gasteiger partial charge in [0.05, 0.1) is 27.4 Å². The molecule has 0 radical (unpaired) electrons. The van der Waals surface area contributed by atoms with Gasteiger partial charge in [0.25, 0.3) is 0 Å². The van der Waals surface area contributed by atoms with Gasteiger partial charge >= 0.3 is 0 Å². The number of carbonyl (C=O) groups is 1. The van der Waals surface area contributed by atoms with Crippen molar-refractivity contribution in [3.8, 4) is 0 Å². The monoisotopic (exact) mass is 515 g/mol. The van der Waals surface area contributed by atoms with Crippen LogP contribution in [-0.4, -0.2) is 30.0 Å². The molecule has 158 valence electrons. The standard InChI is InChI=1S/C22H18BrN3O3S2/c1-15-5-8-18(9-6-15)31(28,29)14-21(27)26(13-17-4-2-3-11-24-17)22-25-19-10-7-16(23)12-20(19)30-22/h2-12H,13-14H2,1H3. The second kappa shape index (κ2) is 8.86. The fraction of sp³-hybridized carbons (Fsp3) is 0.136. The largest absolute Gasteiger partial charge is 0.281 e. The Kier molecular flexibility index (Phi) is 6.17. The van der Waals surface area contributed by atoms with E-state index < -0.39 is 21.5 Å². The maximum absolute atomic E-state index is 13.2. The number of carbonyl (C=O) groups excluding carboxylic acids is 1. The number of thiazole rings is 1. The summed E-state index contributed by atoms with van der Waals surface area (Å²) in [6, 6.07) is 17.5. The minimum Gasteiger partial charge on any atom is -0.281 e. The van der Waals surface area contributed by atoms with Crippen LogP contribution in [-0.2, 0) is 21.2 Å². The lowest BCUT2D eigenvalue weighted by Gasteiger charge is -2.19. The molecule has 0 N–H and O–H groups in total. The lowest BCUT2D eigenvalue weighted by Crippen LogP contribution is -2.35. The number of amides is 1. The van der Waals surface area contributed by atoms with Gasteiger partial charge in [-0.1, -0.05) is 51.0 Å². The zero-order chi connectivity index (χ0) is 22.0. The molecule has 2 heterocycles. The van der Waals surface area contributed by atoms with Gasteiger partial charge in [0.1, 0.15) is 5.75 Å². The van der Waals surface area contributed by atoms with Gasteiger partial charge < -0.3 is 0 Å². The molecule has 2 aromatic heterocycles. The van der Waals surface area contributed by atoms with Gasteiger partial charge in [-0.25, -0.2) is 13.4 Å². The summed E-state index contributed by atoms with van der Waals surface area (Å²) in [4.78, 5) is 23.6. The summed E-state index contributed by atoms with van der Waals surface area (Å²) < 4.78 is 27.5. The molecule has 9 heteroatoms. The van der Waals surface area contributed by atoms with Gasteiger partial charge in [-0.05, 0) is 49.4 Å². The van der Waals surface area contributed by atoms with Crippen LogP contribution in [0.25, 0.3) is 10.2 Å². The Morgan fingerprint density at radius 3 is 2.58 bits per heavy atom. The molecule has 0 spiro atoms. The van der Waals surface area contributed by atoms with E-state index in [2.05, 4.69) is 25.9 Å². The van der Waals surface area contributed by atoms with Crippen molar-refractivity contribution in [3.63, 3.8) is 0 Å². The van der Waals surface area contributed by atoms with E-state index >= 15 is 0 Å². The van der Waals surface area contributed by atoms with Gasteiger partial charge in [-0.3, -0.25) is 14.7 Å². The van der Waals surface area contributed by atoms with Gasteiger partial charge in [0.15, 0.2) is 15.0 Å². The van der Waals surface area contributed by atoms with E-state index in [1.165, 1.54) is 28.4 Å². The van der Waals surface area contributed by atoms with E-state index in [4.69, 9.17) is 0 Å². The van der Waals surface area contributed by atoms with Crippen molar-refractivity contribution in [2.45, 2.75) is 18.4 Å². The fourth-order valence-corrected chi connectivity index (χ4v) is 5.72. The summed E-state index contributed by atoms with van der Waals surface area (Å²) in [6.07, 6.45) is 1.64. The van der Waals surface area contributed by atoms with E-state index in [1.807, 2.05) is 31.2 Å². The number of hydrogen-bond acceptors (Lipinski definition) is 6. The molecular formula is C22H18BrN3O3S2. The van der Waals surface area contributed by atoms with Crippen LogP contribution in [0.1, 0.15) is 11.3 Å². The van der Waals surface area contributed by atoms with E-state index in [1.54, 1.807) is 30.5 Å². The van der Waals surface area contributed by atoms with Crippen LogP contribution in [0.2, 0.25) is 0 Å². The normalized spacial score (nSPS) is 11.5. The summed E-state index contributed by atoms with van der Waals surface area (Å²) in [5.41, 5.74) is 2.33. The smallest absolute Gasteiger partial charge is 0.244 e. The maximum Gasteiger partial charge on any atom is 0.244 e. The Morgan fingerprint density at radius 1 is 1.10 bits per heavy atom. The number of aromatic nitrogens is 2. The number of benzene rings is 2. The van der Waals surface area contributed by atoms with E-state index in [0.29, 0.717) is 10.8 Å². The molecule has 0 atom stereocenters.